The predicted molar refractivity (Wildman–Crippen MR) is 95.4 cm³/mol. The van der Waals surface area contributed by atoms with E-state index in [0.29, 0.717) is 12.2 Å². The molecule has 1 aromatic rings. The second kappa shape index (κ2) is 11.8. The van der Waals surface area contributed by atoms with Crippen LogP contribution in [0.1, 0.15) is 18.9 Å². The van der Waals surface area contributed by atoms with Crippen molar-refractivity contribution in [1.82, 2.24) is 5.32 Å². The first-order chi connectivity index (χ1) is 10.8. The lowest BCUT2D eigenvalue weighted by atomic mass is 10.1. The molecule has 1 aromatic carbocycles. The van der Waals surface area contributed by atoms with Crippen LogP contribution in [0, 0.1) is 0 Å². The highest BCUT2D eigenvalue weighted by Gasteiger charge is 2.31. The SMILES string of the molecule is CCCNc1ccc(C(F)(F)F)cc1NC(=O)CNC(=O)CN.Cl.Cl. The fourth-order valence-corrected chi connectivity index (χ4v) is 1.68. The minimum absolute atomic E-state index is 0. The minimum atomic E-state index is -4.52. The molecule has 0 heterocycles. The van der Waals surface area contributed by atoms with E-state index in [4.69, 9.17) is 5.73 Å². The molecule has 5 N–H and O–H groups in total. The maximum absolute atomic E-state index is 12.8. The average Bonchev–Trinajstić information content (AvgIpc) is 2.50. The summed E-state index contributed by atoms with van der Waals surface area (Å²) in [5, 5.41) is 7.53. The molecule has 0 aliphatic rings. The van der Waals surface area contributed by atoms with Crippen LogP contribution in [0.2, 0.25) is 0 Å². The van der Waals surface area contributed by atoms with Gasteiger partial charge in [0.1, 0.15) is 0 Å². The van der Waals surface area contributed by atoms with Gasteiger partial charge in [0.15, 0.2) is 0 Å². The highest BCUT2D eigenvalue weighted by molar-refractivity contribution is 5.97. The smallest absolute Gasteiger partial charge is 0.383 e. The molecular weight excluding hydrogens is 384 g/mol. The van der Waals surface area contributed by atoms with E-state index in [9.17, 15) is 22.8 Å². The van der Waals surface area contributed by atoms with E-state index in [1.54, 1.807) is 0 Å². The number of rotatable bonds is 7. The Morgan fingerprint density at radius 2 is 1.76 bits per heavy atom. The van der Waals surface area contributed by atoms with Gasteiger partial charge in [0.2, 0.25) is 11.8 Å². The summed E-state index contributed by atoms with van der Waals surface area (Å²) in [4.78, 5) is 22.7. The van der Waals surface area contributed by atoms with Gasteiger partial charge in [0.05, 0.1) is 30.0 Å². The van der Waals surface area contributed by atoms with Gasteiger partial charge >= 0.3 is 6.18 Å². The molecule has 144 valence electrons. The van der Waals surface area contributed by atoms with Gasteiger partial charge in [-0.25, -0.2) is 0 Å². The number of nitrogens with one attached hydrogen (secondary N) is 3. The number of alkyl halides is 3. The number of benzene rings is 1. The van der Waals surface area contributed by atoms with Gasteiger partial charge in [0.25, 0.3) is 0 Å². The number of hydrogen-bond donors (Lipinski definition) is 4. The minimum Gasteiger partial charge on any atom is -0.383 e. The third-order valence-corrected chi connectivity index (χ3v) is 2.82. The number of halogens is 5. The van der Waals surface area contributed by atoms with Crippen molar-refractivity contribution in [3.63, 3.8) is 0 Å². The van der Waals surface area contributed by atoms with Crippen molar-refractivity contribution >= 4 is 48.0 Å². The number of hydrogen-bond acceptors (Lipinski definition) is 4. The van der Waals surface area contributed by atoms with Gasteiger partial charge in [-0.1, -0.05) is 6.92 Å². The number of amides is 2. The molecule has 11 heteroatoms. The molecular formula is C14H21Cl2F3N4O2. The summed E-state index contributed by atoms with van der Waals surface area (Å²) >= 11 is 0. The van der Waals surface area contributed by atoms with Gasteiger partial charge in [-0.2, -0.15) is 13.2 Å². The Morgan fingerprint density at radius 1 is 1.12 bits per heavy atom. The quantitative estimate of drug-likeness (QED) is 0.560. The van der Waals surface area contributed by atoms with Crippen molar-refractivity contribution in [1.29, 1.82) is 0 Å². The van der Waals surface area contributed by atoms with E-state index in [1.165, 1.54) is 6.07 Å². The first-order valence-corrected chi connectivity index (χ1v) is 6.99. The lowest BCUT2D eigenvalue weighted by molar-refractivity contribution is -0.137. The Balaban J connectivity index is 0. The molecule has 1 rings (SSSR count). The van der Waals surface area contributed by atoms with Crippen molar-refractivity contribution in [3.8, 4) is 0 Å². The zero-order valence-corrected chi connectivity index (χ0v) is 15.0. The Hall–Kier alpha value is -1.71. The van der Waals surface area contributed by atoms with Crippen LogP contribution < -0.4 is 21.7 Å². The summed E-state index contributed by atoms with van der Waals surface area (Å²) < 4.78 is 38.4. The van der Waals surface area contributed by atoms with Crippen LogP contribution in [-0.2, 0) is 15.8 Å². The molecule has 0 bridgehead atoms. The van der Waals surface area contributed by atoms with Crippen molar-refractivity contribution in [2.45, 2.75) is 19.5 Å². The van der Waals surface area contributed by atoms with E-state index < -0.39 is 23.6 Å². The van der Waals surface area contributed by atoms with Crippen LogP contribution in [0.25, 0.3) is 0 Å². The first kappa shape index (κ1) is 25.5. The summed E-state index contributed by atoms with van der Waals surface area (Å²) in [5.41, 5.74) is 4.58. The van der Waals surface area contributed by atoms with E-state index in [-0.39, 0.29) is 43.6 Å². The highest BCUT2D eigenvalue weighted by Crippen LogP contribution is 2.34. The standard InChI is InChI=1S/C14H19F3N4O2.2ClH/c1-2-5-19-10-4-3-9(14(15,16)17)6-11(10)21-13(23)8-20-12(22)7-18;;/h3-4,6,19H,2,5,7-8,18H2,1H3,(H,20,22)(H,21,23);2*1H. The molecule has 0 radical (unpaired) electrons. The Kier molecular flexibility index (Phi) is 12.0. The summed E-state index contributed by atoms with van der Waals surface area (Å²) in [5.74, 6) is -1.18. The number of carbonyl (C=O) groups is 2. The summed E-state index contributed by atoms with van der Waals surface area (Å²) in [6.07, 6.45) is -3.75. The fraction of sp³-hybridized carbons (Fsp3) is 0.429. The van der Waals surface area contributed by atoms with Crippen LogP contribution in [-0.4, -0.2) is 31.4 Å². The zero-order chi connectivity index (χ0) is 17.5. The van der Waals surface area contributed by atoms with Crippen LogP contribution in [0.15, 0.2) is 18.2 Å². The molecule has 0 unspecified atom stereocenters. The number of carbonyl (C=O) groups excluding carboxylic acids is 2. The molecule has 0 fully saturated rings. The number of nitrogens with two attached hydrogens (primary N) is 1. The zero-order valence-electron chi connectivity index (χ0n) is 13.4. The molecule has 0 saturated carbocycles. The first-order valence-electron chi connectivity index (χ1n) is 6.99. The van der Waals surface area contributed by atoms with Crippen molar-refractivity contribution < 1.29 is 22.8 Å². The van der Waals surface area contributed by atoms with Gasteiger partial charge in [-0.15, -0.1) is 24.8 Å². The third-order valence-electron chi connectivity index (χ3n) is 2.82. The largest absolute Gasteiger partial charge is 0.416 e. The van der Waals surface area contributed by atoms with Crippen LogP contribution >= 0.6 is 24.8 Å². The summed E-state index contributed by atoms with van der Waals surface area (Å²) in [6, 6.07) is 3.04. The second-order valence-electron chi connectivity index (χ2n) is 4.71. The topological polar surface area (TPSA) is 96.2 Å². The van der Waals surface area contributed by atoms with Gasteiger partial charge in [-0.3, -0.25) is 9.59 Å². The van der Waals surface area contributed by atoms with Crippen molar-refractivity contribution in [2.75, 3.05) is 30.3 Å². The maximum atomic E-state index is 12.8. The van der Waals surface area contributed by atoms with Crippen molar-refractivity contribution in [2.24, 2.45) is 5.73 Å². The Morgan fingerprint density at radius 3 is 2.28 bits per heavy atom. The lowest BCUT2D eigenvalue weighted by Gasteiger charge is -2.16. The van der Waals surface area contributed by atoms with E-state index in [1.807, 2.05) is 6.92 Å². The molecule has 0 aliphatic heterocycles. The van der Waals surface area contributed by atoms with E-state index in [0.717, 1.165) is 18.6 Å². The highest BCUT2D eigenvalue weighted by atomic mass is 35.5. The second-order valence-corrected chi connectivity index (χ2v) is 4.71. The fourth-order valence-electron chi connectivity index (χ4n) is 1.68. The molecule has 0 atom stereocenters. The molecule has 2 amide bonds. The van der Waals surface area contributed by atoms with E-state index >= 15 is 0 Å². The third kappa shape index (κ3) is 8.80. The Labute approximate surface area is 155 Å². The number of anilines is 2. The van der Waals surface area contributed by atoms with Gasteiger partial charge in [-0.05, 0) is 24.6 Å². The summed E-state index contributed by atoms with van der Waals surface area (Å²) in [7, 11) is 0. The van der Waals surface area contributed by atoms with Crippen molar-refractivity contribution in [3.05, 3.63) is 23.8 Å². The van der Waals surface area contributed by atoms with Gasteiger partial charge < -0.3 is 21.7 Å². The van der Waals surface area contributed by atoms with E-state index in [2.05, 4.69) is 16.0 Å². The molecule has 0 aromatic heterocycles. The van der Waals surface area contributed by atoms with Gasteiger partial charge in [0, 0.05) is 6.54 Å². The molecule has 0 saturated heterocycles. The molecule has 0 aliphatic carbocycles. The Bertz CT molecular complexity index is 571. The van der Waals surface area contributed by atoms with Crippen LogP contribution in [0.3, 0.4) is 0 Å². The van der Waals surface area contributed by atoms with Crippen LogP contribution in [0.4, 0.5) is 24.5 Å². The monoisotopic (exact) mass is 404 g/mol. The summed E-state index contributed by atoms with van der Waals surface area (Å²) in [6.45, 7) is 1.79. The normalized spacial score (nSPS) is 10.1. The molecule has 6 nitrogen and oxygen atoms in total. The molecule has 25 heavy (non-hydrogen) atoms. The molecule has 0 spiro atoms. The van der Waals surface area contributed by atoms with Crippen LogP contribution in [0.5, 0.6) is 0 Å². The maximum Gasteiger partial charge on any atom is 0.416 e. The predicted octanol–water partition coefficient (Wildman–Crippen LogP) is 2.38. The lowest BCUT2D eigenvalue weighted by Crippen LogP contribution is -2.36. The average molecular weight is 405 g/mol.